The van der Waals surface area contributed by atoms with Crippen LogP contribution < -0.4 is 4.74 Å². The Balaban J connectivity index is 1.49. The number of benzene rings is 2. The lowest BCUT2D eigenvalue weighted by Gasteiger charge is -2.37. The fourth-order valence-corrected chi connectivity index (χ4v) is 6.00. The topological polar surface area (TPSA) is 81.0 Å². The monoisotopic (exact) mass is 534 g/mol. The molecule has 4 rings (SSSR count). The minimum Gasteiger partial charge on any atom is -0.506 e. The molecular weight excluding hydrogens is 504 g/mol. The molecule has 1 aliphatic heterocycles. The smallest absolute Gasteiger partial charge is 0.269 e. The molecule has 1 saturated heterocycles. The van der Waals surface area contributed by atoms with E-state index in [2.05, 4.69) is 4.98 Å². The van der Waals surface area contributed by atoms with E-state index in [4.69, 9.17) is 25.4 Å². The zero-order chi connectivity index (χ0) is 26.0. The van der Waals surface area contributed by atoms with Crippen molar-refractivity contribution in [1.29, 1.82) is 0 Å². The summed E-state index contributed by atoms with van der Waals surface area (Å²) in [7, 11) is -3.37. The molecule has 36 heavy (non-hydrogen) atoms. The van der Waals surface area contributed by atoms with Gasteiger partial charge in [-0.25, -0.2) is 4.39 Å². The summed E-state index contributed by atoms with van der Waals surface area (Å²) in [4.78, 5) is 15.5. The van der Waals surface area contributed by atoms with Crippen LogP contribution in [0.5, 0.6) is 11.5 Å². The lowest BCUT2D eigenvalue weighted by Crippen LogP contribution is -2.21. The van der Waals surface area contributed by atoms with Crippen LogP contribution in [0.3, 0.4) is 0 Å². The third kappa shape index (κ3) is 5.99. The number of rotatable bonds is 7. The van der Waals surface area contributed by atoms with Crippen LogP contribution >= 0.6 is 19.5 Å². The molecule has 3 aromatic rings. The number of hydrogen-bond donors (Lipinski definition) is 2. The Kier molecular flexibility index (Phi) is 8.18. The number of ether oxygens (including phenoxy) is 1. The van der Waals surface area contributed by atoms with Crippen molar-refractivity contribution < 1.29 is 28.2 Å². The third-order valence-corrected chi connectivity index (χ3v) is 8.12. The Hall–Kier alpha value is -2.28. The van der Waals surface area contributed by atoms with Gasteiger partial charge in [-0.3, -0.25) is 4.98 Å². The largest absolute Gasteiger partial charge is 0.506 e. The van der Waals surface area contributed by atoms with Gasteiger partial charge in [-0.1, -0.05) is 37.6 Å². The minimum atomic E-state index is -3.37. The third-order valence-electron chi connectivity index (χ3n) is 6.26. The van der Waals surface area contributed by atoms with E-state index < -0.39 is 13.8 Å². The summed E-state index contributed by atoms with van der Waals surface area (Å²) in [5.41, 5.74) is 4.27. The van der Waals surface area contributed by atoms with Crippen LogP contribution in [-0.4, -0.2) is 27.9 Å². The van der Waals surface area contributed by atoms with Gasteiger partial charge in [-0.2, -0.15) is 0 Å². The predicted molar refractivity (Wildman–Crippen MR) is 139 cm³/mol. The molecular formula is C27H31ClFNO5P. The van der Waals surface area contributed by atoms with Gasteiger partial charge in [0, 0.05) is 23.6 Å². The van der Waals surface area contributed by atoms with Crippen LogP contribution in [0.25, 0.3) is 0 Å². The van der Waals surface area contributed by atoms with Crippen LogP contribution in [0.4, 0.5) is 4.39 Å². The zero-order valence-electron chi connectivity index (χ0n) is 20.8. The van der Waals surface area contributed by atoms with Crippen LogP contribution in [0.15, 0.2) is 42.5 Å². The number of hydrogen-bond acceptors (Lipinski definition) is 6. The molecule has 2 heterocycles. The second-order valence-corrected chi connectivity index (χ2v) is 11.8. The molecule has 2 atom stereocenters. The highest BCUT2D eigenvalue weighted by Crippen LogP contribution is 2.63. The molecule has 2 unspecified atom stereocenters. The van der Waals surface area contributed by atoms with E-state index in [0.717, 1.165) is 22.4 Å². The Morgan fingerprint density at radius 1 is 1.22 bits per heavy atom. The van der Waals surface area contributed by atoms with Crippen LogP contribution in [0.1, 0.15) is 65.9 Å². The first-order chi connectivity index (χ1) is 17.1. The number of aromatic nitrogens is 1. The summed E-state index contributed by atoms with van der Waals surface area (Å²) in [5.74, 6) is -0.256. The minimum absolute atomic E-state index is 0.0285. The molecule has 1 aliphatic rings. The lowest BCUT2D eigenvalue weighted by molar-refractivity contribution is 0.0515. The van der Waals surface area contributed by atoms with E-state index in [1.54, 1.807) is 37.3 Å². The number of aromatic hydroxyl groups is 1. The highest BCUT2D eigenvalue weighted by Gasteiger charge is 2.37. The summed E-state index contributed by atoms with van der Waals surface area (Å²) < 4.78 is 32.5. The summed E-state index contributed by atoms with van der Waals surface area (Å²) >= 11 is 6.09. The van der Waals surface area contributed by atoms with Crippen LogP contribution in [0.2, 0.25) is 5.02 Å². The molecule has 9 heteroatoms. The second kappa shape index (κ2) is 11.0. The molecule has 1 fully saturated rings. The van der Waals surface area contributed by atoms with Gasteiger partial charge >= 0.3 is 0 Å². The Labute approximate surface area is 216 Å². The summed E-state index contributed by atoms with van der Waals surface area (Å²) in [6.45, 7) is 7.79. The van der Waals surface area contributed by atoms with Crippen molar-refractivity contribution in [3.05, 3.63) is 86.9 Å². The Bertz CT molecular complexity index is 1260. The summed E-state index contributed by atoms with van der Waals surface area (Å²) in [5, 5.41) is 10.6. The molecule has 193 valence electrons. The molecule has 2 N–H and O–H groups in total. The first-order valence-corrected chi connectivity index (χ1v) is 14.0. The van der Waals surface area contributed by atoms with Gasteiger partial charge in [-0.05, 0) is 72.4 Å². The van der Waals surface area contributed by atoms with Crippen LogP contribution in [-0.2, 0) is 15.5 Å². The van der Waals surface area contributed by atoms with Gasteiger partial charge in [0.2, 0.25) is 0 Å². The maximum atomic E-state index is 15.3. The first kappa shape index (κ1) is 26.8. The fourth-order valence-electron chi connectivity index (χ4n) is 4.29. The summed E-state index contributed by atoms with van der Waals surface area (Å²) in [6.07, 6.45) is 0.299. The van der Waals surface area contributed by atoms with Gasteiger partial charge in [-0.15, -0.1) is 0 Å². The van der Waals surface area contributed by atoms with Gasteiger partial charge in [0.1, 0.15) is 5.75 Å². The maximum Gasteiger partial charge on any atom is 0.269 e. The van der Waals surface area contributed by atoms with Gasteiger partial charge < -0.3 is 23.8 Å². The fraction of sp³-hybridized carbons (Fsp3) is 0.370. The number of aryl methyl sites for hydroxylation is 1. The van der Waals surface area contributed by atoms with Crippen molar-refractivity contribution >= 4 is 19.5 Å². The molecule has 2 aromatic carbocycles. The molecule has 1 aromatic heterocycles. The molecule has 0 aliphatic carbocycles. The second-order valence-electron chi connectivity index (χ2n) is 9.33. The van der Waals surface area contributed by atoms with E-state index in [-0.39, 0.29) is 29.9 Å². The standard InChI is InChI=1S/C27H31ClFNO5P/c1-16(2)27-23(31)9-8-21(30-27)14-22-17(3)12-25(26(29)18(22)4)33-15-36(32)34-11-10-24(35-36)19-6-5-7-20(28)13-19/h5-9,12-13,16,24,31-32H,10-11,14-15H2,1-4H3. The average Bonchev–Trinajstić information content (AvgIpc) is 2.84. The Morgan fingerprint density at radius 3 is 2.72 bits per heavy atom. The van der Waals surface area contributed by atoms with Crippen molar-refractivity contribution in [3.63, 3.8) is 0 Å². The SMILES string of the molecule is Cc1cc(OC[P]2(O)OCCC(c3cccc(Cl)c3)O2)c(F)c(C)c1Cc1ccc(O)c(C(C)C)n1. The van der Waals surface area contributed by atoms with E-state index in [9.17, 15) is 10.00 Å². The van der Waals surface area contributed by atoms with E-state index in [0.29, 0.717) is 35.7 Å². The van der Waals surface area contributed by atoms with E-state index >= 15 is 4.39 Å². The molecule has 6 nitrogen and oxygen atoms in total. The molecule has 0 amide bonds. The molecule has 0 bridgehead atoms. The first-order valence-electron chi connectivity index (χ1n) is 11.9. The van der Waals surface area contributed by atoms with Crippen molar-refractivity contribution in [2.75, 3.05) is 13.0 Å². The van der Waals surface area contributed by atoms with Crippen LogP contribution in [0, 0.1) is 19.7 Å². The number of halogens is 2. The maximum absolute atomic E-state index is 15.3. The molecule has 0 saturated carbocycles. The van der Waals surface area contributed by atoms with Crippen molar-refractivity contribution in [2.24, 2.45) is 0 Å². The van der Waals surface area contributed by atoms with Gasteiger partial charge in [0.05, 0.1) is 18.4 Å². The van der Waals surface area contributed by atoms with E-state index in [1.165, 1.54) is 0 Å². The predicted octanol–water partition coefficient (Wildman–Crippen LogP) is 7.18. The average molecular weight is 535 g/mol. The Morgan fingerprint density at radius 2 is 2.00 bits per heavy atom. The number of pyridine rings is 1. The van der Waals surface area contributed by atoms with Crippen molar-refractivity contribution in [3.8, 4) is 11.5 Å². The van der Waals surface area contributed by atoms with Crippen molar-refractivity contribution in [2.45, 2.75) is 52.6 Å². The molecule has 0 spiro atoms. The zero-order valence-corrected chi connectivity index (χ0v) is 22.4. The highest BCUT2D eigenvalue weighted by molar-refractivity contribution is 7.60. The van der Waals surface area contributed by atoms with Gasteiger partial charge in [0.25, 0.3) is 7.94 Å². The summed E-state index contributed by atoms with van der Waals surface area (Å²) in [6, 6.07) is 12.3. The number of nitrogens with zero attached hydrogens (tertiary/aromatic N) is 1. The van der Waals surface area contributed by atoms with E-state index in [1.807, 2.05) is 32.9 Å². The highest BCUT2D eigenvalue weighted by atomic mass is 35.5. The lowest BCUT2D eigenvalue weighted by atomic mass is 9.96. The van der Waals surface area contributed by atoms with Crippen molar-refractivity contribution in [1.82, 2.24) is 4.98 Å². The molecule has 1 radical (unpaired) electrons. The quantitative estimate of drug-likeness (QED) is 0.312. The normalized spacial score (nSPS) is 20.1. The van der Waals surface area contributed by atoms with Gasteiger partial charge in [0.15, 0.2) is 17.9 Å².